The number of rotatable bonds is 4. The van der Waals surface area contributed by atoms with Gasteiger partial charge in [0.2, 0.25) is 0 Å². The molecule has 0 N–H and O–H groups in total. The molecule has 0 spiro atoms. The number of hydrogen-bond acceptors (Lipinski definition) is 2. The van der Waals surface area contributed by atoms with Gasteiger partial charge < -0.3 is 17.7 Å². The van der Waals surface area contributed by atoms with E-state index in [1.54, 1.807) is 17.8 Å². The predicted octanol–water partition coefficient (Wildman–Crippen LogP) is -0.495. The van der Waals surface area contributed by atoms with E-state index in [2.05, 4.69) is 5.10 Å². The smallest absolute Gasteiger partial charge is 0.487 e. The fourth-order valence-corrected chi connectivity index (χ4v) is 1.82. The van der Waals surface area contributed by atoms with E-state index in [1.165, 1.54) is 0 Å². The summed E-state index contributed by atoms with van der Waals surface area (Å²) in [6.45, 7) is -3.44. The van der Waals surface area contributed by atoms with Crippen LogP contribution in [0, 0.1) is 12.7 Å². The zero-order valence-electron chi connectivity index (χ0n) is 11.9. The summed E-state index contributed by atoms with van der Waals surface area (Å²) in [6.07, 6.45) is 0. The topological polar surface area (TPSA) is 27.1 Å². The maximum atomic E-state index is 13.4. The van der Waals surface area contributed by atoms with Gasteiger partial charge in [0, 0.05) is 13.1 Å². The molecule has 0 bridgehead atoms. The Hall–Kier alpha value is -0.349. The third kappa shape index (κ3) is 4.82. The Morgan fingerprint density at radius 1 is 1.24 bits per heavy atom. The Kier molecular flexibility index (Phi) is 6.48. The average Bonchev–Trinajstić information content (AvgIpc) is 2.63. The number of halogens is 4. The van der Waals surface area contributed by atoms with Crippen LogP contribution in [-0.2, 0) is 13.7 Å². The molecule has 3 nitrogen and oxygen atoms in total. The average molecular weight is 326 g/mol. The van der Waals surface area contributed by atoms with E-state index in [4.69, 9.17) is 4.74 Å². The number of aromatic nitrogens is 2. The van der Waals surface area contributed by atoms with Crippen LogP contribution in [0.2, 0.25) is 0 Å². The SMILES string of the molecule is Cc1cc(COc2ccc([B-](F)(F)F)c(F)c2)n(C)n1.[K+]. The number of nitrogens with zero attached hydrogens (tertiary/aromatic N) is 2. The van der Waals surface area contributed by atoms with Gasteiger partial charge >= 0.3 is 58.4 Å². The summed E-state index contributed by atoms with van der Waals surface area (Å²) >= 11 is 0. The van der Waals surface area contributed by atoms with Gasteiger partial charge in [0.25, 0.3) is 0 Å². The van der Waals surface area contributed by atoms with E-state index >= 15 is 0 Å². The summed E-state index contributed by atoms with van der Waals surface area (Å²) in [4.78, 5) is 0. The maximum absolute atomic E-state index is 13.4. The summed E-state index contributed by atoms with van der Waals surface area (Å²) in [5.41, 5.74) is 0.299. The minimum absolute atomic E-state index is 0. The Balaban J connectivity index is 0.00000220. The molecule has 9 heteroatoms. The Morgan fingerprint density at radius 2 is 1.90 bits per heavy atom. The monoisotopic (exact) mass is 326 g/mol. The fourth-order valence-electron chi connectivity index (χ4n) is 1.82. The van der Waals surface area contributed by atoms with Crippen molar-refractivity contribution in [3.05, 3.63) is 41.5 Å². The molecular weight excluding hydrogens is 314 g/mol. The van der Waals surface area contributed by atoms with E-state index in [-0.39, 0.29) is 63.7 Å². The minimum Gasteiger partial charge on any atom is -0.487 e. The van der Waals surface area contributed by atoms with Crippen LogP contribution in [0.5, 0.6) is 5.75 Å². The van der Waals surface area contributed by atoms with Gasteiger partial charge in [-0.1, -0.05) is 11.5 Å². The van der Waals surface area contributed by atoms with Crippen LogP contribution in [0.25, 0.3) is 0 Å². The molecule has 21 heavy (non-hydrogen) atoms. The second-order valence-corrected chi connectivity index (χ2v) is 4.45. The molecule has 108 valence electrons. The second kappa shape index (κ2) is 7.28. The first kappa shape index (κ1) is 18.7. The van der Waals surface area contributed by atoms with Crippen LogP contribution in [0.4, 0.5) is 17.3 Å². The standard InChI is InChI=1S/C12H12BF4N2O.K/c1-8-5-9(19(2)18-8)7-20-10-3-4-11(12(14)6-10)13(15,16)17;/h3-6H,7H2,1-2H3;/q-1;+1. The van der Waals surface area contributed by atoms with Gasteiger partial charge in [-0.15, -0.1) is 0 Å². The van der Waals surface area contributed by atoms with Crippen molar-refractivity contribution in [3.63, 3.8) is 0 Å². The first-order chi connectivity index (χ1) is 9.27. The Labute approximate surface area is 162 Å². The van der Waals surface area contributed by atoms with Crippen molar-refractivity contribution in [1.82, 2.24) is 9.78 Å². The van der Waals surface area contributed by atoms with E-state index < -0.39 is 18.3 Å². The number of ether oxygens (including phenoxy) is 1. The zero-order valence-corrected chi connectivity index (χ0v) is 15.0. The molecule has 2 rings (SSSR count). The largest absolute Gasteiger partial charge is 1.00 e. The summed E-state index contributed by atoms with van der Waals surface area (Å²) in [7, 11) is 1.72. The van der Waals surface area contributed by atoms with Crippen molar-refractivity contribution in [1.29, 1.82) is 0 Å². The molecule has 0 aliphatic carbocycles. The van der Waals surface area contributed by atoms with Gasteiger partial charge in [0.1, 0.15) is 12.4 Å². The fraction of sp³-hybridized carbons (Fsp3) is 0.250. The molecule has 0 amide bonds. The van der Waals surface area contributed by atoms with Crippen LogP contribution in [0.15, 0.2) is 24.3 Å². The molecule has 0 aliphatic heterocycles. The quantitative estimate of drug-likeness (QED) is 0.560. The summed E-state index contributed by atoms with van der Waals surface area (Å²) < 4.78 is 57.6. The number of hydrogen-bond donors (Lipinski definition) is 0. The molecule has 1 aromatic carbocycles. The van der Waals surface area contributed by atoms with Crippen molar-refractivity contribution in [2.45, 2.75) is 13.5 Å². The number of aryl methyl sites for hydroxylation is 2. The molecule has 0 fully saturated rings. The van der Waals surface area contributed by atoms with Gasteiger partial charge in [-0.2, -0.15) is 5.10 Å². The van der Waals surface area contributed by atoms with E-state index in [1.807, 2.05) is 6.92 Å². The molecule has 0 radical (unpaired) electrons. The third-order valence-electron chi connectivity index (χ3n) is 2.81. The summed E-state index contributed by atoms with van der Waals surface area (Å²) in [5, 5.41) is 4.10. The van der Waals surface area contributed by atoms with Crippen LogP contribution in [0.1, 0.15) is 11.4 Å². The van der Waals surface area contributed by atoms with Crippen LogP contribution in [-0.4, -0.2) is 16.8 Å². The van der Waals surface area contributed by atoms with Gasteiger partial charge in [0.15, 0.2) is 0 Å². The molecule has 0 unspecified atom stereocenters. The van der Waals surface area contributed by atoms with Crippen LogP contribution in [0.3, 0.4) is 0 Å². The first-order valence-corrected chi connectivity index (χ1v) is 5.89. The molecule has 1 aromatic heterocycles. The third-order valence-corrected chi connectivity index (χ3v) is 2.81. The number of benzene rings is 1. The first-order valence-electron chi connectivity index (χ1n) is 5.89. The maximum Gasteiger partial charge on any atom is 1.00 e. The Bertz CT molecular complexity index is 630. The molecular formula is C12H12BF4KN2O. The van der Waals surface area contributed by atoms with Gasteiger partial charge in [-0.05, 0) is 19.1 Å². The van der Waals surface area contributed by atoms with Crippen molar-refractivity contribution in [3.8, 4) is 5.75 Å². The molecule has 0 saturated carbocycles. The van der Waals surface area contributed by atoms with Crippen LogP contribution < -0.4 is 61.6 Å². The molecule has 1 heterocycles. The molecule has 0 aliphatic rings. The van der Waals surface area contributed by atoms with Gasteiger partial charge in [-0.25, -0.2) is 4.39 Å². The van der Waals surface area contributed by atoms with Gasteiger partial charge in [0.05, 0.1) is 17.2 Å². The molecule has 2 aromatic rings. The summed E-state index contributed by atoms with van der Waals surface area (Å²) in [6, 6.07) is 4.33. The van der Waals surface area contributed by atoms with Crippen molar-refractivity contribution in [2.24, 2.45) is 7.05 Å². The van der Waals surface area contributed by atoms with Crippen molar-refractivity contribution < 1.29 is 73.5 Å². The normalized spacial score (nSPS) is 11.1. The molecule has 0 saturated heterocycles. The van der Waals surface area contributed by atoms with Crippen LogP contribution >= 0.6 is 0 Å². The zero-order chi connectivity index (χ0) is 14.9. The predicted molar refractivity (Wildman–Crippen MR) is 67.4 cm³/mol. The van der Waals surface area contributed by atoms with E-state index in [0.29, 0.717) is 6.07 Å². The van der Waals surface area contributed by atoms with E-state index in [0.717, 1.165) is 23.5 Å². The second-order valence-electron chi connectivity index (χ2n) is 4.45. The van der Waals surface area contributed by atoms with Gasteiger partial charge in [-0.3, -0.25) is 4.68 Å². The Morgan fingerprint density at radius 3 is 2.38 bits per heavy atom. The van der Waals surface area contributed by atoms with Crippen molar-refractivity contribution in [2.75, 3.05) is 0 Å². The summed E-state index contributed by atoms with van der Waals surface area (Å²) in [5.74, 6) is -1.28. The van der Waals surface area contributed by atoms with Crippen molar-refractivity contribution >= 4 is 12.4 Å². The van der Waals surface area contributed by atoms with E-state index in [9.17, 15) is 17.3 Å². The molecule has 0 atom stereocenters. The minimum atomic E-state index is -5.35.